The van der Waals surface area contributed by atoms with E-state index in [0.717, 1.165) is 47.1 Å². The molecular weight excluding hydrogens is 274 g/mol. The summed E-state index contributed by atoms with van der Waals surface area (Å²) in [6.45, 7) is 7.91. The summed E-state index contributed by atoms with van der Waals surface area (Å²) in [7, 11) is 0. The Morgan fingerprint density at radius 1 is 1.27 bits per heavy atom. The quantitative estimate of drug-likeness (QED) is 0.745. The van der Waals surface area contributed by atoms with Gasteiger partial charge in [-0.05, 0) is 48.9 Å². The molecule has 0 spiro atoms. The van der Waals surface area contributed by atoms with Gasteiger partial charge in [-0.3, -0.25) is 4.98 Å². The molecule has 2 aromatic rings. The van der Waals surface area contributed by atoms with E-state index in [1.807, 2.05) is 18.5 Å². The van der Waals surface area contributed by atoms with Gasteiger partial charge in [-0.15, -0.1) is 0 Å². The van der Waals surface area contributed by atoms with Crippen molar-refractivity contribution in [3.8, 4) is 22.6 Å². The molecule has 0 fully saturated rings. The van der Waals surface area contributed by atoms with Crippen molar-refractivity contribution in [3.05, 3.63) is 41.7 Å². The Morgan fingerprint density at radius 2 is 2.14 bits per heavy atom. The maximum absolute atomic E-state index is 5.95. The lowest BCUT2D eigenvalue weighted by molar-refractivity contribution is 0.283. The first-order chi connectivity index (χ1) is 10.6. The molecule has 0 aliphatic carbocycles. The van der Waals surface area contributed by atoms with E-state index in [-0.39, 0.29) is 0 Å². The third-order valence-corrected chi connectivity index (χ3v) is 4.04. The molecule has 1 aliphatic heterocycles. The lowest BCUT2D eigenvalue weighted by atomic mass is 9.97. The number of hydrogen-bond acceptors (Lipinski definition) is 3. The van der Waals surface area contributed by atoms with Crippen molar-refractivity contribution in [1.82, 2.24) is 4.98 Å². The van der Waals surface area contributed by atoms with Crippen LogP contribution in [0.1, 0.15) is 37.8 Å². The van der Waals surface area contributed by atoms with Gasteiger partial charge < -0.3 is 9.47 Å². The van der Waals surface area contributed by atoms with Gasteiger partial charge >= 0.3 is 0 Å². The summed E-state index contributed by atoms with van der Waals surface area (Å²) < 4.78 is 11.8. The molecule has 0 radical (unpaired) electrons. The molecule has 116 valence electrons. The van der Waals surface area contributed by atoms with Gasteiger partial charge in [0, 0.05) is 29.6 Å². The lowest BCUT2D eigenvalue weighted by Gasteiger charge is -2.22. The van der Waals surface area contributed by atoms with Crippen molar-refractivity contribution in [1.29, 1.82) is 0 Å². The normalized spacial score (nSPS) is 12.5. The lowest BCUT2D eigenvalue weighted by Crippen LogP contribution is -2.07. The second kappa shape index (κ2) is 6.39. The Hall–Kier alpha value is -2.03. The highest BCUT2D eigenvalue weighted by Gasteiger charge is 2.19. The molecule has 3 heteroatoms. The summed E-state index contributed by atoms with van der Waals surface area (Å²) in [6, 6.07) is 6.24. The highest BCUT2D eigenvalue weighted by Crippen LogP contribution is 2.40. The number of aryl methyl sites for hydroxylation is 1. The molecule has 3 nitrogen and oxygen atoms in total. The maximum Gasteiger partial charge on any atom is 0.131 e. The smallest absolute Gasteiger partial charge is 0.131 e. The fraction of sp³-hybridized carbons (Fsp3) is 0.421. The van der Waals surface area contributed by atoms with Crippen LogP contribution in [-0.4, -0.2) is 11.6 Å². The fourth-order valence-corrected chi connectivity index (χ4v) is 2.79. The van der Waals surface area contributed by atoms with Crippen LogP contribution in [0.25, 0.3) is 11.1 Å². The molecule has 3 rings (SSSR count). The van der Waals surface area contributed by atoms with Gasteiger partial charge in [0.05, 0.1) is 6.61 Å². The molecule has 22 heavy (non-hydrogen) atoms. The highest BCUT2D eigenvalue weighted by atomic mass is 16.5. The number of rotatable bonds is 5. The summed E-state index contributed by atoms with van der Waals surface area (Å²) in [5.74, 6) is 2.56. The number of benzene rings is 1. The number of ether oxygens (including phenoxy) is 2. The van der Waals surface area contributed by atoms with Crippen LogP contribution >= 0.6 is 0 Å². The SMILES string of the molecule is Cc1cc2c(cc1OCCCC(C)C)OCc1cnccc1-2. The summed E-state index contributed by atoms with van der Waals surface area (Å²) in [4.78, 5) is 4.17. The van der Waals surface area contributed by atoms with Crippen LogP contribution in [0.5, 0.6) is 11.5 Å². The third-order valence-electron chi connectivity index (χ3n) is 4.04. The van der Waals surface area contributed by atoms with Crippen molar-refractivity contribution < 1.29 is 9.47 Å². The first-order valence-electron chi connectivity index (χ1n) is 7.98. The van der Waals surface area contributed by atoms with Crippen LogP contribution in [0.4, 0.5) is 0 Å². The average molecular weight is 297 g/mol. The van der Waals surface area contributed by atoms with Crippen molar-refractivity contribution in [3.63, 3.8) is 0 Å². The zero-order valence-electron chi connectivity index (χ0n) is 13.6. The van der Waals surface area contributed by atoms with Crippen molar-refractivity contribution in [2.45, 2.75) is 40.2 Å². The molecule has 1 aliphatic rings. The molecule has 1 aromatic carbocycles. The van der Waals surface area contributed by atoms with E-state index in [1.165, 1.54) is 12.0 Å². The molecular formula is C19H23NO2. The van der Waals surface area contributed by atoms with Gasteiger partial charge in [-0.2, -0.15) is 0 Å². The van der Waals surface area contributed by atoms with E-state index in [4.69, 9.17) is 9.47 Å². The maximum atomic E-state index is 5.95. The van der Waals surface area contributed by atoms with E-state index >= 15 is 0 Å². The summed E-state index contributed by atoms with van der Waals surface area (Å²) in [5, 5.41) is 0. The Kier molecular flexibility index (Phi) is 4.32. The van der Waals surface area contributed by atoms with Crippen molar-refractivity contribution in [2.24, 2.45) is 5.92 Å². The fourth-order valence-electron chi connectivity index (χ4n) is 2.79. The monoisotopic (exact) mass is 297 g/mol. The van der Waals surface area contributed by atoms with Gasteiger partial charge in [-0.25, -0.2) is 0 Å². The molecule has 0 saturated carbocycles. The van der Waals surface area contributed by atoms with Crippen LogP contribution in [-0.2, 0) is 6.61 Å². The average Bonchev–Trinajstić information content (AvgIpc) is 2.51. The zero-order valence-corrected chi connectivity index (χ0v) is 13.6. The molecule has 0 unspecified atom stereocenters. The summed E-state index contributed by atoms with van der Waals surface area (Å²) >= 11 is 0. The zero-order chi connectivity index (χ0) is 15.5. The molecule has 1 aromatic heterocycles. The molecule has 0 amide bonds. The van der Waals surface area contributed by atoms with Crippen LogP contribution in [0, 0.1) is 12.8 Å². The summed E-state index contributed by atoms with van der Waals surface area (Å²) in [6.07, 6.45) is 5.99. The Balaban J connectivity index is 1.80. The molecule has 0 atom stereocenters. The molecule has 0 N–H and O–H groups in total. The van der Waals surface area contributed by atoms with E-state index < -0.39 is 0 Å². The minimum absolute atomic E-state index is 0.575. The Bertz CT molecular complexity index is 664. The second-order valence-corrected chi connectivity index (χ2v) is 6.32. The molecule has 2 heterocycles. The molecule has 0 bridgehead atoms. The van der Waals surface area contributed by atoms with Crippen LogP contribution in [0.3, 0.4) is 0 Å². The standard InChI is InChI=1S/C19H23NO2/c1-13(2)5-4-8-21-18-10-19-17(9-14(18)3)16-6-7-20-11-15(16)12-22-19/h6-7,9-11,13H,4-5,8,12H2,1-3H3. The van der Waals surface area contributed by atoms with Crippen LogP contribution < -0.4 is 9.47 Å². The minimum atomic E-state index is 0.575. The number of fused-ring (bicyclic) bond motifs is 3. The molecule has 0 saturated heterocycles. The third kappa shape index (κ3) is 3.08. The van der Waals surface area contributed by atoms with Crippen molar-refractivity contribution in [2.75, 3.05) is 6.61 Å². The first-order valence-corrected chi connectivity index (χ1v) is 7.98. The van der Waals surface area contributed by atoms with E-state index in [1.54, 1.807) is 0 Å². The highest BCUT2D eigenvalue weighted by molar-refractivity contribution is 5.76. The predicted octanol–water partition coefficient (Wildman–Crippen LogP) is 4.76. The predicted molar refractivity (Wildman–Crippen MR) is 88.3 cm³/mol. The Morgan fingerprint density at radius 3 is 2.95 bits per heavy atom. The van der Waals surface area contributed by atoms with Gasteiger partial charge in [-0.1, -0.05) is 13.8 Å². The summed E-state index contributed by atoms with van der Waals surface area (Å²) in [5.41, 5.74) is 4.64. The van der Waals surface area contributed by atoms with Gasteiger partial charge in [0.1, 0.15) is 18.1 Å². The van der Waals surface area contributed by atoms with Gasteiger partial charge in [0.15, 0.2) is 0 Å². The largest absolute Gasteiger partial charge is 0.493 e. The Labute approximate surface area is 132 Å². The van der Waals surface area contributed by atoms with E-state index in [9.17, 15) is 0 Å². The van der Waals surface area contributed by atoms with Crippen molar-refractivity contribution >= 4 is 0 Å². The number of nitrogens with zero attached hydrogens (tertiary/aromatic N) is 1. The topological polar surface area (TPSA) is 31.4 Å². The second-order valence-electron chi connectivity index (χ2n) is 6.32. The van der Waals surface area contributed by atoms with E-state index in [2.05, 4.69) is 37.9 Å². The van der Waals surface area contributed by atoms with E-state index in [0.29, 0.717) is 6.61 Å². The van der Waals surface area contributed by atoms with Gasteiger partial charge in [0.25, 0.3) is 0 Å². The minimum Gasteiger partial charge on any atom is -0.493 e. The first kappa shape index (κ1) is 14.9. The van der Waals surface area contributed by atoms with Crippen LogP contribution in [0.15, 0.2) is 30.6 Å². The number of hydrogen-bond donors (Lipinski definition) is 0. The van der Waals surface area contributed by atoms with Gasteiger partial charge in [0.2, 0.25) is 0 Å². The number of aromatic nitrogens is 1. The van der Waals surface area contributed by atoms with Crippen LogP contribution in [0.2, 0.25) is 0 Å². The number of pyridine rings is 1.